The van der Waals surface area contributed by atoms with E-state index in [-0.39, 0.29) is 10.7 Å². The van der Waals surface area contributed by atoms with Crippen LogP contribution in [-0.4, -0.2) is 9.91 Å². The lowest BCUT2D eigenvalue weighted by molar-refractivity contribution is -0.384. The summed E-state index contributed by atoms with van der Waals surface area (Å²) < 4.78 is 1.05. The summed E-state index contributed by atoms with van der Waals surface area (Å²) in [6, 6.07) is 12.5. The van der Waals surface area contributed by atoms with Crippen molar-refractivity contribution in [1.82, 2.24) is 4.98 Å². The van der Waals surface area contributed by atoms with Gasteiger partial charge in [0, 0.05) is 11.6 Å². The largest absolute Gasteiger partial charge is 0.288 e. The van der Waals surface area contributed by atoms with Crippen LogP contribution in [0.25, 0.3) is 20.8 Å². The van der Waals surface area contributed by atoms with Gasteiger partial charge in [0.2, 0.25) is 0 Å². The molecule has 0 saturated heterocycles. The minimum Gasteiger partial charge on any atom is -0.258 e. The fraction of sp³-hybridized carbons (Fsp3) is 0. The van der Waals surface area contributed by atoms with E-state index in [1.807, 2.05) is 24.3 Å². The van der Waals surface area contributed by atoms with E-state index in [2.05, 4.69) is 4.98 Å². The summed E-state index contributed by atoms with van der Waals surface area (Å²) in [6.07, 6.45) is 0. The average Bonchev–Trinajstić information content (AvgIpc) is 2.82. The quantitative estimate of drug-likeness (QED) is 0.515. The number of halogens is 1. The van der Waals surface area contributed by atoms with Gasteiger partial charge in [-0.1, -0.05) is 23.7 Å². The van der Waals surface area contributed by atoms with E-state index in [1.165, 1.54) is 23.5 Å². The van der Waals surface area contributed by atoms with Gasteiger partial charge in [0.25, 0.3) is 5.69 Å². The number of thiazole rings is 1. The van der Waals surface area contributed by atoms with Gasteiger partial charge in [-0.2, -0.15) is 0 Å². The number of fused-ring (bicyclic) bond motifs is 1. The Morgan fingerprint density at radius 1 is 1.21 bits per heavy atom. The Bertz CT molecular complexity index is 752. The molecule has 3 rings (SSSR count). The van der Waals surface area contributed by atoms with Crippen molar-refractivity contribution >= 4 is 38.8 Å². The third kappa shape index (κ3) is 2.18. The van der Waals surface area contributed by atoms with E-state index in [0.717, 1.165) is 15.2 Å². The zero-order valence-electron chi connectivity index (χ0n) is 9.54. The fourth-order valence-corrected chi connectivity index (χ4v) is 2.93. The van der Waals surface area contributed by atoms with Crippen LogP contribution in [0.3, 0.4) is 0 Å². The summed E-state index contributed by atoms with van der Waals surface area (Å²) in [5, 5.41) is 11.8. The molecule has 0 unspecified atom stereocenters. The lowest BCUT2D eigenvalue weighted by Gasteiger charge is -1.98. The molecular weight excluding hydrogens is 284 g/mol. The van der Waals surface area contributed by atoms with Crippen molar-refractivity contribution in [2.24, 2.45) is 0 Å². The Kier molecular flexibility index (Phi) is 2.93. The molecule has 0 aliphatic heterocycles. The molecule has 0 fully saturated rings. The molecule has 19 heavy (non-hydrogen) atoms. The number of rotatable bonds is 2. The first-order valence-corrected chi connectivity index (χ1v) is 6.64. The van der Waals surface area contributed by atoms with Crippen LogP contribution in [0.5, 0.6) is 0 Å². The molecule has 0 spiro atoms. The monoisotopic (exact) mass is 290 g/mol. The molecule has 0 N–H and O–H groups in total. The number of para-hydroxylation sites is 1. The van der Waals surface area contributed by atoms with Crippen LogP contribution >= 0.6 is 22.9 Å². The van der Waals surface area contributed by atoms with Crippen molar-refractivity contribution in [2.45, 2.75) is 0 Å². The smallest absolute Gasteiger partial charge is 0.258 e. The standard InChI is InChI=1S/C13H7ClN2O2S/c14-9-6-5-8(7-11(9)16(17)18)13-15-10-3-1-2-4-12(10)19-13/h1-7H. The molecule has 1 aromatic heterocycles. The maximum atomic E-state index is 10.9. The fourth-order valence-electron chi connectivity index (χ4n) is 1.78. The molecule has 4 nitrogen and oxygen atoms in total. The molecule has 0 saturated carbocycles. The Balaban J connectivity index is 2.16. The third-order valence-electron chi connectivity index (χ3n) is 2.68. The second-order valence-corrected chi connectivity index (χ2v) is 5.35. The maximum Gasteiger partial charge on any atom is 0.288 e. The van der Waals surface area contributed by atoms with E-state index < -0.39 is 4.92 Å². The van der Waals surface area contributed by atoms with E-state index in [1.54, 1.807) is 6.07 Å². The van der Waals surface area contributed by atoms with Gasteiger partial charge < -0.3 is 0 Å². The van der Waals surface area contributed by atoms with Crippen LogP contribution in [0.2, 0.25) is 5.02 Å². The first-order chi connectivity index (χ1) is 9.15. The normalized spacial score (nSPS) is 10.8. The van der Waals surface area contributed by atoms with E-state index in [0.29, 0.717) is 5.56 Å². The van der Waals surface area contributed by atoms with Gasteiger partial charge >= 0.3 is 0 Å². The molecule has 94 valence electrons. The summed E-state index contributed by atoms with van der Waals surface area (Å²) in [5.74, 6) is 0. The van der Waals surface area contributed by atoms with Crippen LogP contribution in [0.4, 0.5) is 5.69 Å². The highest BCUT2D eigenvalue weighted by Crippen LogP contribution is 2.34. The summed E-state index contributed by atoms with van der Waals surface area (Å²) in [6.45, 7) is 0. The van der Waals surface area contributed by atoms with Crippen molar-refractivity contribution in [3.8, 4) is 10.6 Å². The van der Waals surface area contributed by atoms with Gasteiger partial charge in [-0.15, -0.1) is 11.3 Å². The summed E-state index contributed by atoms with van der Waals surface area (Å²) in [4.78, 5) is 14.9. The van der Waals surface area contributed by atoms with Crippen LogP contribution in [-0.2, 0) is 0 Å². The van der Waals surface area contributed by atoms with Crippen LogP contribution < -0.4 is 0 Å². The SMILES string of the molecule is O=[N+]([O-])c1cc(-c2nc3ccccc3s2)ccc1Cl. The minimum atomic E-state index is -0.487. The molecule has 6 heteroatoms. The molecule has 2 aromatic carbocycles. The van der Waals surface area contributed by atoms with E-state index >= 15 is 0 Å². The van der Waals surface area contributed by atoms with Gasteiger partial charge in [0.1, 0.15) is 10.0 Å². The molecule has 0 aliphatic carbocycles. The second kappa shape index (κ2) is 4.60. The minimum absolute atomic E-state index is 0.0987. The highest BCUT2D eigenvalue weighted by molar-refractivity contribution is 7.21. The zero-order valence-corrected chi connectivity index (χ0v) is 11.1. The second-order valence-electron chi connectivity index (χ2n) is 3.91. The molecular formula is C13H7ClN2O2S. The lowest BCUT2D eigenvalue weighted by Crippen LogP contribution is -1.89. The number of nitro benzene ring substituents is 1. The summed E-state index contributed by atoms with van der Waals surface area (Å²) >= 11 is 7.30. The highest BCUT2D eigenvalue weighted by atomic mass is 35.5. The number of aromatic nitrogens is 1. The van der Waals surface area contributed by atoms with Gasteiger partial charge in [0.05, 0.1) is 15.1 Å². The predicted octanol–water partition coefficient (Wildman–Crippen LogP) is 4.52. The number of benzene rings is 2. The first kappa shape index (κ1) is 12.1. The first-order valence-electron chi connectivity index (χ1n) is 5.45. The molecule has 3 aromatic rings. The third-order valence-corrected chi connectivity index (χ3v) is 4.09. The van der Waals surface area contributed by atoms with Gasteiger partial charge in [-0.25, -0.2) is 4.98 Å². The highest BCUT2D eigenvalue weighted by Gasteiger charge is 2.15. The molecule has 0 radical (unpaired) electrons. The Morgan fingerprint density at radius 3 is 2.74 bits per heavy atom. The Morgan fingerprint density at radius 2 is 2.00 bits per heavy atom. The summed E-state index contributed by atoms with van der Waals surface area (Å²) in [5.41, 5.74) is 1.50. The van der Waals surface area contributed by atoms with Gasteiger partial charge in [-0.05, 0) is 24.3 Å². The van der Waals surface area contributed by atoms with Crippen molar-refractivity contribution in [3.05, 3.63) is 57.6 Å². The van der Waals surface area contributed by atoms with Crippen molar-refractivity contribution in [2.75, 3.05) is 0 Å². The van der Waals surface area contributed by atoms with Crippen molar-refractivity contribution < 1.29 is 4.92 Å². The predicted molar refractivity (Wildman–Crippen MR) is 76.7 cm³/mol. The number of hydrogen-bond donors (Lipinski definition) is 0. The van der Waals surface area contributed by atoms with E-state index in [9.17, 15) is 10.1 Å². The summed E-state index contributed by atoms with van der Waals surface area (Å²) in [7, 11) is 0. The van der Waals surface area contributed by atoms with Crippen LogP contribution in [0, 0.1) is 10.1 Å². The number of hydrogen-bond acceptors (Lipinski definition) is 4. The Hall–Kier alpha value is -1.98. The lowest BCUT2D eigenvalue weighted by atomic mass is 10.2. The molecule has 0 aliphatic rings. The van der Waals surface area contributed by atoms with Crippen molar-refractivity contribution in [1.29, 1.82) is 0 Å². The Labute approximate surface area is 117 Å². The van der Waals surface area contributed by atoms with Crippen molar-refractivity contribution in [3.63, 3.8) is 0 Å². The zero-order chi connectivity index (χ0) is 13.4. The van der Waals surface area contributed by atoms with Gasteiger partial charge in [-0.3, -0.25) is 10.1 Å². The topological polar surface area (TPSA) is 56.0 Å². The average molecular weight is 291 g/mol. The molecule has 0 amide bonds. The van der Waals surface area contributed by atoms with E-state index in [4.69, 9.17) is 11.6 Å². The molecule has 0 bridgehead atoms. The van der Waals surface area contributed by atoms with Gasteiger partial charge in [0.15, 0.2) is 0 Å². The number of nitro groups is 1. The number of nitrogens with zero attached hydrogens (tertiary/aromatic N) is 2. The molecule has 0 atom stereocenters. The van der Waals surface area contributed by atoms with Crippen LogP contribution in [0.1, 0.15) is 0 Å². The van der Waals surface area contributed by atoms with Crippen LogP contribution in [0.15, 0.2) is 42.5 Å². The maximum absolute atomic E-state index is 10.9. The molecule has 1 heterocycles.